The van der Waals surface area contributed by atoms with Crippen LogP contribution in [0.2, 0.25) is 0 Å². The van der Waals surface area contributed by atoms with Gasteiger partial charge in [0.25, 0.3) is 12.3 Å². The van der Waals surface area contributed by atoms with Crippen LogP contribution < -0.4 is 5.73 Å². The van der Waals surface area contributed by atoms with Gasteiger partial charge in [-0.15, -0.1) is 0 Å². The lowest BCUT2D eigenvalue weighted by Gasteiger charge is -2.10. The molecule has 1 aromatic carbocycles. The third-order valence-electron chi connectivity index (χ3n) is 2.75. The molecule has 5 nitrogen and oxygen atoms in total. The Kier molecular flexibility index (Phi) is 3.69. The number of rotatable bonds is 3. The zero-order chi connectivity index (χ0) is 14.9. The van der Waals surface area contributed by atoms with E-state index in [1.165, 1.54) is 40.0 Å². The molecule has 0 aliphatic rings. The number of hydrogen-bond donors (Lipinski definition) is 1. The van der Waals surface area contributed by atoms with Crippen LogP contribution in [0.1, 0.15) is 22.5 Å². The van der Waals surface area contributed by atoms with Crippen molar-refractivity contribution in [1.82, 2.24) is 14.7 Å². The van der Waals surface area contributed by atoms with E-state index in [0.717, 1.165) is 0 Å². The Bertz CT molecular complexity index is 637. The van der Waals surface area contributed by atoms with E-state index in [2.05, 4.69) is 5.10 Å². The molecule has 1 aromatic heterocycles. The van der Waals surface area contributed by atoms with Crippen LogP contribution in [0.25, 0.3) is 5.69 Å². The fourth-order valence-electron chi connectivity index (χ4n) is 1.76. The summed E-state index contributed by atoms with van der Waals surface area (Å²) in [5.41, 5.74) is 5.93. The van der Waals surface area contributed by atoms with Crippen molar-refractivity contribution >= 4 is 11.6 Å². The Hall–Kier alpha value is -2.44. The summed E-state index contributed by atoms with van der Waals surface area (Å²) >= 11 is 0. The second-order valence-electron chi connectivity index (χ2n) is 4.46. The van der Waals surface area contributed by atoms with Crippen LogP contribution in [0, 0.1) is 0 Å². The minimum Gasteiger partial charge on any atom is -0.399 e. The predicted molar refractivity (Wildman–Crippen MR) is 71.0 cm³/mol. The molecule has 0 saturated carbocycles. The van der Waals surface area contributed by atoms with E-state index in [1.54, 1.807) is 14.1 Å². The van der Waals surface area contributed by atoms with Gasteiger partial charge < -0.3 is 10.6 Å². The summed E-state index contributed by atoms with van der Waals surface area (Å²) in [6, 6.07) is 5.65. The molecule has 1 heterocycles. The maximum atomic E-state index is 13.0. The van der Waals surface area contributed by atoms with E-state index in [4.69, 9.17) is 5.73 Å². The van der Waals surface area contributed by atoms with Crippen LogP contribution in [0.5, 0.6) is 0 Å². The zero-order valence-corrected chi connectivity index (χ0v) is 11.0. The number of amides is 1. The number of halogens is 2. The molecule has 106 valence electrons. The smallest absolute Gasteiger partial charge is 0.273 e. The van der Waals surface area contributed by atoms with Gasteiger partial charge in [0.05, 0.1) is 5.69 Å². The second-order valence-corrected chi connectivity index (χ2v) is 4.46. The van der Waals surface area contributed by atoms with Crippen LogP contribution in [0.4, 0.5) is 14.5 Å². The van der Waals surface area contributed by atoms with Gasteiger partial charge in [-0.1, -0.05) is 0 Å². The largest absolute Gasteiger partial charge is 0.399 e. The van der Waals surface area contributed by atoms with Gasteiger partial charge in [0.1, 0.15) is 0 Å². The quantitative estimate of drug-likeness (QED) is 0.876. The Morgan fingerprint density at radius 3 is 2.65 bits per heavy atom. The molecule has 0 atom stereocenters. The number of nitrogens with two attached hydrogens (primary N) is 1. The number of carbonyl (C=O) groups is 1. The molecule has 0 saturated heterocycles. The number of benzene rings is 1. The molecular formula is C13H14F2N4O. The first-order chi connectivity index (χ1) is 9.40. The monoisotopic (exact) mass is 280 g/mol. The number of alkyl halides is 2. The SMILES string of the molecule is CN(C)C(=O)c1ccn(-c2ccc(N)cc2C(F)F)n1. The first kappa shape index (κ1) is 14.0. The third-order valence-corrected chi connectivity index (χ3v) is 2.75. The summed E-state index contributed by atoms with van der Waals surface area (Å²) in [7, 11) is 3.18. The van der Waals surface area contributed by atoms with E-state index in [9.17, 15) is 13.6 Å². The van der Waals surface area contributed by atoms with E-state index >= 15 is 0 Å². The number of hydrogen-bond acceptors (Lipinski definition) is 3. The average Bonchev–Trinajstić information content (AvgIpc) is 2.86. The molecule has 0 unspecified atom stereocenters. The molecule has 1 amide bonds. The number of carbonyl (C=O) groups excluding carboxylic acids is 1. The molecule has 0 spiro atoms. The van der Waals surface area contributed by atoms with E-state index < -0.39 is 6.43 Å². The van der Waals surface area contributed by atoms with Crippen molar-refractivity contribution < 1.29 is 13.6 Å². The molecule has 0 aliphatic heterocycles. The van der Waals surface area contributed by atoms with Crippen molar-refractivity contribution in [2.75, 3.05) is 19.8 Å². The molecule has 2 aromatic rings. The first-order valence-electron chi connectivity index (χ1n) is 5.85. The number of nitrogens with zero attached hydrogens (tertiary/aromatic N) is 3. The summed E-state index contributed by atoms with van der Waals surface area (Å²) < 4.78 is 27.3. The molecule has 7 heteroatoms. The lowest BCUT2D eigenvalue weighted by Crippen LogP contribution is -2.22. The highest BCUT2D eigenvalue weighted by molar-refractivity contribution is 5.91. The average molecular weight is 280 g/mol. The summed E-state index contributed by atoms with van der Waals surface area (Å²) in [5, 5.41) is 4.03. The molecule has 20 heavy (non-hydrogen) atoms. The van der Waals surface area contributed by atoms with Gasteiger partial charge in [-0.25, -0.2) is 13.5 Å². The van der Waals surface area contributed by atoms with E-state index in [0.29, 0.717) is 0 Å². The van der Waals surface area contributed by atoms with Gasteiger partial charge >= 0.3 is 0 Å². The maximum Gasteiger partial charge on any atom is 0.273 e. The van der Waals surface area contributed by atoms with Crippen LogP contribution in [0.3, 0.4) is 0 Å². The van der Waals surface area contributed by atoms with Crippen LogP contribution in [0.15, 0.2) is 30.5 Å². The Labute approximate surface area is 114 Å². The van der Waals surface area contributed by atoms with Gasteiger partial charge in [0, 0.05) is 31.5 Å². The number of nitrogen functional groups attached to an aromatic ring is 1. The first-order valence-corrected chi connectivity index (χ1v) is 5.85. The second kappa shape index (κ2) is 5.28. The lowest BCUT2D eigenvalue weighted by atomic mass is 10.1. The minimum atomic E-state index is -2.68. The van der Waals surface area contributed by atoms with Crippen molar-refractivity contribution in [2.24, 2.45) is 0 Å². The van der Waals surface area contributed by atoms with Gasteiger partial charge in [-0.05, 0) is 24.3 Å². The Morgan fingerprint density at radius 2 is 2.05 bits per heavy atom. The van der Waals surface area contributed by atoms with E-state index in [1.807, 2.05) is 0 Å². The van der Waals surface area contributed by atoms with Crippen molar-refractivity contribution in [2.45, 2.75) is 6.43 Å². The zero-order valence-electron chi connectivity index (χ0n) is 11.0. The van der Waals surface area contributed by atoms with Gasteiger partial charge in [-0.2, -0.15) is 5.10 Å². The van der Waals surface area contributed by atoms with Crippen LogP contribution >= 0.6 is 0 Å². The van der Waals surface area contributed by atoms with Crippen molar-refractivity contribution in [3.05, 3.63) is 41.7 Å². The highest BCUT2D eigenvalue weighted by atomic mass is 19.3. The Morgan fingerprint density at radius 1 is 1.35 bits per heavy atom. The Balaban J connectivity index is 2.45. The van der Waals surface area contributed by atoms with Crippen LogP contribution in [-0.2, 0) is 0 Å². The fraction of sp³-hybridized carbons (Fsp3) is 0.231. The molecular weight excluding hydrogens is 266 g/mol. The molecule has 0 bridgehead atoms. The van der Waals surface area contributed by atoms with Crippen molar-refractivity contribution in [3.8, 4) is 5.69 Å². The van der Waals surface area contributed by atoms with Gasteiger partial charge in [0.2, 0.25) is 0 Å². The third kappa shape index (κ3) is 2.61. The van der Waals surface area contributed by atoms with E-state index in [-0.39, 0.29) is 28.5 Å². The summed E-state index contributed by atoms with van der Waals surface area (Å²) in [6.07, 6.45) is -1.21. The van der Waals surface area contributed by atoms with Crippen molar-refractivity contribution in [3.63, 3.8) is 0 Å². The number of anilines is 1. The minimum absolute atomic E-state index is 0.187. The molecule has 2 N–H and O–H groups in total. The molecule has 2 rings (SSSR count). The molecule has 0 aliphatic carbocycles. The molecule has 0 radical (unpaired) electrons. The van der Waals surface area contributed by atoms with Gasteiger partial charge in [0.15, 0.2) is 5.69 Å². The van der Waals surface area contributed by atoms with Gasteiger partial charge in [-0.3, -0.25) is 4.79 Å². The normalized spacial score (nSPS) is 10.8. The highest BCUT2D eigenvalue weighted by Gasteiger charge is 2.17. The van der Waals surface area contributed by atoms with Crippen molar-refractivity contribution in [1.29, 1.82) is 0 Å². The maximum absolute atomic E-state index is 13.0. The number of aromatic nitrogens is 2. The van der Waals surface area contributed by atoms with Crippen LogP contribution in [-0.4, -0.2) is 34.7 Å². The molecule has 0 fully saturated rings. The standard InChI is InChI=1S/C13H14F2N4O/c1-18(2)13(20)10-5-6-19(17-10)11-4-3-8(16)7-9(11)12(14)15/h3-7,12H,16H2,1-2H3. The lowest BCUT2D eigenvalue weighted by molar-refractivity contribution is 0.0821. The summed E-state index contributed by atoms with van der Waals surface area (Å²) in [5.74, 6) is -0.294. The summed E-state index contributed by atoms with van der Waals surface area (Å²) in [6.45, 7) is 0. The highest BCUT2D eigenvalue weighted by Crippen LogP contribution is 2.27. The topological polar surface area (TPSA) is 64.2 Å². The fourth-order valence-corrected chi connectivity index (χ4v) is 1.76. The summed E-state index contributed by atoms with van der Waals surface area (Å²) in [4.78, 5) is 13.1. The predicted octanol–water partition coefficient (Wildman–Crippen LogP) is 2.09.